The lowest BCUT2D eigenvalue weighted by Gasteiger charge is -2.19. The van der Waals surface area contributed by atoms with E-state index in [-0.39, 0.29) is 12.2 Å². The number of halogens is 3. The molecule has 0 saturated heterocycles. The molecule has 1 unspecified atom stereocenters. The Hall–Kier alpha value is -5.19. The van der Waals surface area contributed by atoms with E-state index in [4.69, 9.17) is 10.1 Å². The molecule has 11 heteroatoms. The summed E-state index contributed by atoms with van der Waals surface area (Å²) < 4.78 is 49.4. The van der Waals surface area contributed by atoms with E-state index in [0.717, 1.165) is 16.7 Å². The molecular formula is C32H28F3N3O5. The highest BCUT2D eigenvalue weighted by atomic mass is 19.4. The first-order valence-electron chi connectivity index (χ1n) is 13.2. The third kappa shape index (κ3) is 8.65. The Balaban J connectivity index is 1.49. The molecule has 0 aliphatic heterocycles. The van der Waals surface area contributed by atoms with Gasteiger partial charge in [0.1, 0.15) is 17.8 Å². The van der Waals surface area contributed by atoms with Gasteiger partial charge < -0.3 is 19.4 Å². The second-order valence-electron chi connectivity index (χ2n) is 9.63. The SMILES string of the molecule is Cc1ccc(-c2ccc(C(CC(=O)OC(=O)C(F)(F)F)NC(=O)c3cccc(OCCn4ccccc4=N)c3)cc2)cc1. The first-order chi connectivity index (χ1) is 20.5. The smallest absolute Gasteiger partial charge is 0.491 e. The molecule has 8 nitrogen and oxygen atoms in total. The second kappa shape index (κ2) is 13.6. The Kier molecular flexibility index (Phi) is 9.76. The predicted octanol–water partition coefficient (Wildman–Crippen LogP) is 5.52. The zero-order valence-corrected chi connectivity index (χ0v) is 23.1. The number of nitrogens with one attached hydrogen (secondary N) is 2. The summed E-state index contributed by atoms with van der Waals surface area (Å²) in [6.07, 6.45) is -4.32. The highest BCUT2D eigenvalue weighted by molar-refractivity contribution is 5.95. The van der Waals surface area contributed by atoms with Crippen molar-refractivity contribution >= 4 is 17.8 Å². The molecule has 0 aliphatic carbocycles. The number of rotatable bonds is 10. The molecule has 1 heterocycles. The largest absolute Gasteiger partial charge is 0.492 e. The van der Waals surface area contributed by atoms with Crippen LogP contribution in [0.4, 0.5) is 13.2 Å². The Labute approximate surface area is 245 Å². The lowest BCUT2D eigenvalue weighted by atomic mass is 9.98. The zero-order chi connectivity index (χ0) is 31.0. The van der Waals surface area contributed by atoms with E-state index in [1.807, 2.05) is 31.2 Å². The van der Waals surface area contributed by atoms with Crippen LogP contribution in [0.2, 0.25) is 0 Å². The van der Waals surface area contributed by atoms with Gasteiger partial charge in [-0.25, -0.2) is 4.79 Å². The molecule has 4 rings (SSSR count). The maximum Gasteiger partial charge on any atom is 0.491 e. The number of hydrogen-bond acceptors (Lipinski definition) is 6. The molecule has 2 N–H and O–H groups in total. The number of nitrogens with zero attached hydrogens (tertiary/aromatic N) is 1. The molecular weight excluding hydrogens is 563 g/mol. The van der Waals surface area contributed by atoms with E-state index >= 15 is 0 Å². The van der Waals surface area contributed by atoms with E-state index < -0.39 is 36.5 Å². The minimum atomic E-state index is -5.34. The van der Waals surface area contributed by atoms with Crippen molar-refractivity contribution in [3.63, 3.8) is 0 Å². The Bertz CT molecular complexity index is 1650. The fraction of sp³-hybridized carbons (Fsp3) is 0.188. The first-order valence-corrected chi connectivity index (χ1v) is 13.2. The molecule has 1 amide bonds. The van der Waals surface area contributed by atoms with E-state index in [0.29, 0.717) is 23.3 Å². The van der Waals surface area contributed by atoms with Crippen molar-refractivity contribution in [2.45, 2.75) is 32.1 Å². The van der Waals surface area contributed by atoms with Gasteiger partial charge in [0.15, 0.2) is 0 Å². The molecule has 1 aromatic heterocycles. The first kappa shape index (κ1) is 30.8. The fourth-order valence-corrected chi connectivity index (χ4v) is 4.18. The number of aromatic nitrogens is 1. The van der Waals surface area contributed by atoms with Crippen molar-refractivity contribution in [2.24, 2.45) is 0 Å². The van der Waals surface area contributed by atoms with E-state index in [2.05, 4.69) is 10.1 Å². The predicted molar refractivity (Wildman–Crippen MR) is 151 cm³/mol. The van der Waals surface area contributed by atoms with E-state index in [1.54, 1.807) is 65.4 Å². The third-order valence-corrected chi connectivity index (χ3v) is 6.45. The zero-order valence-electron chi connectivity index (χ0n) is 23.1. The van der Waals surface area contributed by atoms with Crippen LogP contribution in [0.5, 0.6) is 5.75 Å². The van der Waals surface area contributed by atoms with Gasteiger partial charge in [0.05, 0.1) is 19.0 Å². The third-order valence-electron chi connectivity index (χ3n) is 6.45. The highest BCUT2D eigenvalue weighted by Crippen LogP contribution is 2.26. The monoisotopic (exact) mass is 591 g/mol. The Morgan fingerprint density at radius 3 is 2.23 bits per heavy atom. The number of alkyl halides is 3. The fourth-order valence-electron chi connectivity index (χ4n) is 4.18. The number of esters is 2. The van der Waals surface area contributed by atoms with Crippen LogP contribution >= 0.6 is 0 Å². The van der Waals surface area contributed by atoms with Gasteiger partial charge >= 0.3 is 18.1 Å². The molecule has 0 saturated carbocycles. The normalized spacial score (nSPS) is 11.8. The standard InChI is InChI=1S/C32H28F3N3O5/c1-21-8-10-22(11-9-21)23-12-14-24(15-13-23)27(20-29(39)43-31(41)32(33,34)35)37-30(40)25-5-4-6-26(19-25)42-18-17-38-16-3-2-7-28(38)36/h2-16,19,27,36H,17-18,20H2,1H3,(H,37,40). The number of amides is 1. The summed E-state index contributed by atoms with van der Waals surface area (Å²) in [5, 5.41) is 10.6. The number of aryl methyl sites for hydroxylation is 1. The van der Waals surface area contributed by atoms with Gasteiger partial charge in [-0.15, -0.1) is 0 Å². The number of carbonyl (C=O) groups excluding carboxylic acids is 3. The molecule has 43 heavy (non-hydrogen) atoms. The van der Waals surface area contributed by atoms with Crippen molar-refractivity contribution in [3.05, 3.63) is 119 Å². The van der Waals surface area contributed by atoms with Crippen molar-refractivity contribution in [2.75, 3.05) is 6.61 Å². The quantitative estimate of drug-likeness (QED) is 0.187. The summed E-state index contributed by atoms with van der Waals surface area (Å²) in [6.45, 7) is 2.58. The number of pyridine rings is 1. The number of benzene rings is 3. The molecule has 3 aromatic carbocycles. The van der Waals surface area contributed by atoms with Crippen LogP contribution in [0.3, 0.4) is 0 Å². The minimum Gasteiger partial charge on any atom is -0.492 e. The number of hydrogen-bond donors (Lipinski definition) is 2. The van der Waals surface area contributed by atoms with Crippen LogP contribution in [0, 0.1) is 12.3 Å². The van der Waals surface area contributed by atoms with Crippen LogP contribution in [0.15, 0.2) is 97.2 Å². The molecule has 0 spiro atoms. The Morgan fingerprint density at radius 2 is 1.58 bits per heavy atom. The van der Waals surface area contributed by atoms with Gasteiger partial charge in [0, 0.05) is 11.8 Å². The molecule has 0 bridgehead atoms. The second-order valence-corrected chi connectivity index (χ2v) is 9.63. The lowest BCUT2D eigenvalue weighted by molar-refractivity contribution is -0.202. The van der Waals surface area contributed by atoms with Gasteiger partial charge in [0.25, 0.3) is 5.91 Å². The summed E-state index contributed by atoms with van der Waals surface area (Å²) in [7, 11) is 0. The van der Waals surface area contributed by atoms with Crippen molar-refractivity contribution in [3.8, 4) is 16.9 Å². The molecule has 1 atom stereocenters. The average Bonchev–Trinajstić information content (AvgIpc) is 2.98. The van der Waals surface area contributed by atoms with Crippen molar-refractivity contribution in [1.29, 1.82) is 5.41 Å². The molecule has 0 fully saturated rings. The maximum absolute atomic E-state index is 13.2. The number of ether oxygens (including phenoxy) is 2. The maximum atomic E-state index is 13.2. The molecule has 4 aromatic rings. The van der Waals surface area contributed by atoms with Gasteiger partial charge in [-0.3, -0.25) is 15.0 Å². The van der Waals surface area contributed by atoms with E-state index in [1.165, 1.54) is 12.1 Å². The van der Waals surface area contributed by atoms with Crippen LogP contribution in [-0.2, 0) is 20.9 Å². The van der Waals surface area contributed by atoms with Crippen LogP contribution in [-0.4, -0.2) is 35.2 Å². The van der Waals surface area contributed by atoms with Gasteiger partial charge in [-0.2, -0.15) is 13.2 Å². The average molecular weight is 592 g/mol. The Morgan fingerprint density at radius 1 is 0.907 bits per heavy atom. The summed E-state index contributed by atoms with van der Waals surface area (Å²) in [5.41, 5.74) is 3.76. The summed E-state index contributed by atoms with van der Waals surface area (Å²) in [6, 6.07) is 24.9. The summed E-state index contributed by atoms with van der Waals surface area (Å²) >= 11 is 0. The lowest BCUT2D eigenvalue weighted by Crippen LogP contribution is -2.33. The minimum absolute atomic E-state index is 0.173. The van der Waals surface area contributed by atoms with Crippen molar-refractivity contribution in [1.82, 2.24) is 9.88 Å². The number of carbonyl (C=O) groups is 3. The van der Waals surface area contributed by atoms with E-state index in [9.17, 15) is 27.6 Å². The summed E-state index contributed by atoms with van der Waals surface area (Å²) in [4.78, 5) is 36.7. The summed E-state index contributed by atoms with van der Waals surface area (Å²) in [5.74, 6) is -4.32. The van der Waals surface area contributed by atoms with Gasteiger partial charge in [0.2, 0.25) is 0 Å². The van der Waals surface area contributed by atoms with Crippen molar-refractivity contribution < 1.29 is 37.0 Å². The van der Waals surface area contributed by atoms with Crippen LogP contribution < -0.4 is 15.5 Å². The van der Waals surface area contributed by atoms with Gasteiger partial charge in [-0.05, 0) is 53.9 Å². The van der Waals surface area contributed by atoms with Crippen LogP contribution in [0.25, 0.3) is 11.1 Å². The highest BCUT2D eigenvalue weighted by Gasteiger charge is 2.42. The topological polar surface area (TPSA) is 110 Å². The van der Waals surface area contributed by atoms with Crippen LogP contribution in [0.1, 0.15) is 33.9 Å². The molecule has 0 aliphatic rings. The molecule has 0 radical (unpaired) electrons. The van der Waals surface area contributed by atoms with Gasteiger partial charge in [-0.1, -0.05) is 66.2 Å². The molecule has 222 valence electrons.